The summed E-state index contributed by atoms with van der Waals surface area (Å²) >= 11 is 0. The lowest BCUT2D eigenvalue weighted by Crippen LogP contribution is -2.44. The Morgan fingerprint density at radius 3 is 2.46 bits per heavy atom. The van der Waals surface area contributed by atoms with Gasteiger partial charge in [-0.3, -0.25) is 9.69 Å². The number of aromatic nitrogens is 1. The molecule has 1 fully saturated rings. The van der Waals surface area contributed by atoms with Crippen LogP contribution < -0.4 is 10.2 Å². The molecule has 1 aliphatic rings. The summed E-state index contributed by atoms with van der Waals surface area (Å²) in [5.74, 6) is 0.448. The fraction of sp³-hybridized carbons (Fsp3) is 0.400. The molecular formula is C20H23F3N4O. The molecule has 1 aliphatic heterocycles. The lowest BCUT2D eigenvalue weighted by molar-refractivity contribution is -0.137. The molecule has 0 aliphatic carbocycles. The van der Waals surface area contributed by atoms with E-state index in [0.29, 0.717) is 25.5 Å². The molecule has 3 rings (SSSR count). The zero-order chi connectivity index (χ0) is 20.1. The highest BCUT2D eigenvalue weighted by molar-refractivity contribution is 5.94. The van der Waals surface area contributed by atoms with E-state index in [1.807, 2.05) is 42.2 Å². The average Bonchev–Trinajstić information content (AvgIpc) is 2.94. The molecule has 1 amide bonds. The van der Waals surface area contributed by atoms with Crippen LogP contribution in [0.3, 0.4) is 0 Å². The Morgan fingerprint density at radius 2 is 1.82 bits per heavy atom. The van der Waals surface area contributed by atoms with Gasteiger partial charge in [0.25, 0.3) is 0 Å². The van der Waals surface area contributed by atoms with Gasteiger partial charge < -0.3 is 10.2 Å². The van der Waals surface area contributed by atoms with Crippen LogP contribution >= 0.6 is 0 Å². The first-order chi connectivity index (χ1) is 13.3. The summed E-state index contributed by atoms with van der Waals surface area (Å²) in [4.78, 5) is 20.5. The number of anilines is 2. The highest BCUT2D eigenvalue weighted by Crippen LogP contribution is 2.29. The summed E-state index contributed by atoms with van der Waals surface area (Å²) in [7, 11) is 0. The third-order valence-electron chi connectivity index (χ3n) is 4.90. The average molecular weight is 392 g/mol. The third kappa shape index (κ3) is 5.01. The molecule has 1 atom stereocenters. The first kappa shape index (κ1) is 20.1. The van der Waals surface area contributed by atoms with E-state index in [1.165, 1.54) is 6.07 Å². The largest absolute Gasteiger partial charge is 0.417 e. The summed E-state index contributed by atoms with van der Waals surface area (Å²) < 4.78 is 38.1. The Balaban J connectivity index is 1.59. The van der Waals surface area contributed by atoms with Gasteiger partial charge in [0.05, 0.1) is 11.6 Å². The maximum Gasteiger partial charge on any atom is 0.417 e. The summed E-state index contributed by atoms with van der Waals surface area (Å²) in [6.45, 7) is 4.51. The van der Waals surface area contributed by atoms with Crippen LogP contribution in [-0.4, -0.2) is 48.0 Å². The lowest BCUT2D eigenvalue weighted by atomic mass is 10.2. The number of carbonyl (C=O) groups is 1. The number of halogens is 3. The van der Waals surface area contributed by atoms with E-state index in [0.717, 1.165) is 30.9 Å². The molecule has 28 heavy (non-hydrogen) atoms. The van der Waals surface area contributed by atoms with Crippen molar-refractivity contribution in [3.05, 3.63) is 54.2 Å². The SMILES string of the molecule is CC(C(=O)Nc1ccccc1)N1CCCN(c2ccc(C(F)(F)F)cn2)CC1. The van der Waals surface area contributed by atoms with Crippen LogP contribution in [0.5, 0.6) is 0 Å². The number of amides is 1. The number of nitrogens with zero attached hydrogens (tertiary/aromatic N) is 3. The van der Waals surface area contributed by atoms with Crippen LogP contribution in [0.25, 0.3) is 0 Å². The predicted molar refractivity (Wildman–Crippen MR) is 102 cm³/mol. The van der Waals surface area contributed by atoms with Gasteiger partial charge in [0, 0.05) is 38.1 Å². The number of hydrogen-bond donors (Lipinski definition) is 1. The maximum absolute atomic E-state index is 12.7. The number of pyridine rings is 1. The first-order valence-electron chi connectivity index (χ1n) is 9.23. The van der Waals surface area contributed by atoms with Crippen molar-refractivity contribution in [2.75, 3.05) is 36.4 Å². The fourth-order valence-electron chi connectivity index (χ4n) is 3.23. The summed E-state index contributed by atoms with van der Waals surface area (Å²) in [5, 5.41) is 2.91. The molecule has 150 valence electrons. The van der Waals surface area contributed by atoms with Crippen molar-refractivity contribution in [1.82, 2.24) is 9.88 Å². The Hall–Kier alpha value is -2.61. The van der Waals surface area contributed by atoms with E-state index in [-0.39, 0.29) is 11.9 Å². The van der Waals surface area contributed by atoms with Crippen molar-refractivity contribution in [2.24, 2.45) is 0 Å². The van der Waals surface area contributed by atoms with Crippen molar-refractivity contribution in [3.8, 4) is 0 Å². The van der Waals surface area contributed by atoms with E-state index in [1.54, 1.807) is 0 Å². The third-order valence-corrected chi connectivity index (χ3v) is 4.90. The Labute approximate surface area is 162 Å². The van der Waals surface area contributed by atoms with Crippen molar-refractivity contribution in [3.63, 3.8) is 0 Å². The molecule has 8 heteroatoms. The van der Waals surface area contributed by atoms with Crippen molar-refractivity contribution >= 4 is 17.4 Å². The molecule has 1 aromatic carbocycles. The molecule has 0 spiro atoms. The normalized spacial score (nSPS) is 17.1. The van der Waals surface area contributed by atoms with E-state index in [9.17, 15) is 18.0 Å². The zero-order valence-corrected chi connectivity index (χ0v) is 15.6. The van der Waals surface area contributed by atoms with E-state index >= 15 is 0 Å². The van der Waals surface area contributed by atoms with E-state index in [2.05, 4.69) is 15.2 Å². The Morgan fingerprint density at radius 1 is 1.07 bits per heavy atom. The molecule has 2 aromatic rings. The molecule has 0 bridgehead atoms. The first-order valence-corrected chi connectivity index (χ1v) is 9.23. The van der Waals surface area contributed by atoms with E-state index in [4.69, 9.17) is 0 Å². The molecular weight excluding hydrogens is 369 g/mol. The van der Waals surface area contributed by atoms with Crippen LogP contribution in [0.2, 0.25) is 0 Å². The topological polar surface area (TPSA) is 48.5 Å². The number of nitrogens with one attached hydrogen (secondary N) is 1. The van der Waals surface area contributed by atoms with Gasteiger partial charge in [0.1, 0.15) is 5.82 Å². The lowest BCUT2D eigenvalue weighted by Gasteiger charge is -2.27. The van der Waals surface area contributed by atoms with Gasteiger partial charge >= 0.3 is 6.18 Å². The highest BCUT2D eigenvalue weighted by atomic mass is 19.4. The van der Waals surface area contributed by atoms with Gasteiger partial charge in [0.15, 0.2) is 0 Å². The maximum atomic E-state index is 12.7. The minimum atomic E-state index is -4.39. The van der Waals surface area contributed by atoms with Gasteiger partial charge in [-0.05, 0) is 37.6 Å². The van der Waals surface area contributed by atoms with Gasteiger partial charge in [-0.1, -0.05) is 18.2 Å². The van der Waals surface area contributed by atoms with Crippen LogP contribution in [0, 0.1) is 0 Å². The number of carbonyl (C=O) groups excluding carboxylic acids is 1. The molecule has 5 nitrogen and oxygen atoms in total. The van der Waals surface area contributed by atoms with Gasteiger partial charge in [-0.25, -0.2) is 4.98 Å². The number of hydrogen-bond acceptors (Lipinski definition) is 4. The Kier molecular flexibility index (Phi) is 6.18. The molecule has 1 aromatic heterocycles. The zero-order valence-electron chi connectivity index (χ0n) is 15.6. The van der Waals surface area contributed by atoms with Crippen LogP contribution in [0.15, 0.2) is 48.7 Å². The molecule has 1 saturated heterocycles. The summed E-state index contributed by atoms with van der Waals surface area (Å²) in [6, 6.07) is 11.4. The monoisotopic (exact) mass is 392 g/mol. The van der Waals surface area contributed by atoms with Crippen LogP contribution in [-0.2, 0) is 11.0 Å². The molecule has 1 unspecified atom stereocenters. The van der Waals surface area contributed by atoms with Gasteiger partial charge in [-0.2, -0.15) is 13.2 Å². The second kappa shape index (κ2) is 8.60. The highest BCUT2D eigenvalue weighted by Gasteiger charge is 2.31. The second-order valence-electron chi connectivity index (χ2n) is 6.81. The second-order valence-corrected chi connectivity index (χ2v) is 6.81. The van der Waals surface area contributed by atoms with Crippen molar-refractivity contribution < 1.29 is 18.0 Å². The molecule has 0 saturated carbocycles. The number of alkyl halides is 3. The number of rotatable bonds is 4. The van der Waals surface area contributed by atoms with Crippen LogP contribution in [0.1, 0.15) is 18.9 Å². The summed E-state index contributed by atoms with van der Waals surface area (Å²) in [6.07, 6.45) is -2.72. The van der Waals surface area contributed by atoms with Crippen molar-refractivity contribution in [2.45, 2.75) is 25.6 Å². The molecule has 2 heterocycles. The van der Waals surface area contributed by atoms with Gasteiger partial charge in [0.2, 0.25) is 5.91 Å². The van der Waals surface area contributed by atoms with Crippen molar-refractivity contribution in [1.29, 1.82) is 0 Å². The molecule has 0 radical (unpaired) electrons. The fourth-order valence-corrected chi connectivity index (χ4v) is 3.23. The number of para-hydroxylation sites is 1. The number of benzene rings is 1. The summed E-state index contributed by atoms with van der Waals surface area (Å²) in [5.41, 5.74) is 0.00339. The molecule has 1 N–H and O–H groups in total. The predicted octanol–water partition coefficient (Wildman–Crippen LogP) is 3.64. The standard InChI is InChI=1S/C20H23F3N4O/c1-15(19(28)25-17-6-3-2-4-7-17)26-10-5-11-27(13-12-26)18-9-8-16(14-24-18)20(21,22)23/h2-4,6-9,14-15H,5,10-13H2,1H3,(H,25,28). The smallest absolute Gasteiger partial charge is 0.355 e. The van der Waals surface area contributed by atoms with E-state index < -0.39 is 11.7 Å². The quantitative estimate of drug-likeness (QED) is 0.863. The van der Waals surface area contributed by atoms with Gasteiger partial charge in [-0.15, -0.1) is 0 Å². The van der Waals surface area contributed by atoms with Crippen LogP contribution in [0.4, 0.5) is 24.7 Å². The minimum absolute atomic E-state index is 0.0766. The Bertz CT molecular complexity index is 780. The minimum Gasteiger partial charge on any atom is -0.355 e.